The second kappa shape index (κ2) is 7.42. The molecule has 24 heavy (non-hydrogen) atoms. The lowest BCUT2D eigenvalue weighted by atomic mass is 10.2. The Hall–Kier alpha value is -2.44. The van der Waals surface area contributed by atoms with Crippen LogP contribution >= 0.6 is 23.2 Å². The summed E-state index contributed by atoms with van der Waals surface area (Å²) in [6.45, 7) is -0.0314. The van der Waals surface area contributed by atoms with Gasteiger partial charge in [-0.1, -0.05) is 29.3 Å². The molecule has 0 aromatic heterocycles. The molecule has 2 aromatic rings. The summed E-state index contributed by atoms with van der Waals surface area (Å²) in [6, 6.07) is 10.1. The van der Waals surface area contributed by atoms with Crippen LogP contribution in [0, 0.1) is 0 Å². The van der Waals surface area contributed by atoms with Crippen molar-refractivity contribution in [2.45, 2.75) is 0 Å². The quantitative estimate of drug-likeness (QED) is 0.651. The van der Waals surface area contributed by atoms with E-state index in [-0.39, 0.29) is 13.4 Å². The predicted octanol–water partition coefficient (Wildman–Crippen LogP) is 3.25. The summed E-state index contributed by atoms with van der Waals surface area (Å²) < 4.78 is 15.8. The molecular weight excluding hydrogens is 355 g/mol. The van der Waals surface area contributed by atoms with Gasteiger partial charge in [0.05, 0.1) is 11.2 Å². The van der Waals surface area contributed by atoms with E-state index < -0.39 is 5.91 Å². The van der Waals surface area contributed by atoms with Crippen molar-refractivity contribution in [3.63, 3.8) is 0 Å². The van der Waals surface area contributed by atoms with E-state index in [2.05, 4.69) is 10.5 Å². The molecular formula is C16H12Cl2N2O4. The Balaban J connectivity index is 1.53. The van der Waals surface area contributed by atoms with Crippen molar-refractivity contribution in [1.29, 1.82) is 0 Å². The van der Waals surface area contributed by atoms with Crippen molar-refractivity contribution in [2.75, 3.05) is 13.4 Å². The first-order valence-electron chi connectivity index (χ1n) is 6.91. The van der Waals surface area contributed by atoms with E-state index in [0.29, 0.717) is 32.9 Å². The Morgan fingerprint density at radius 1 is 1.25 bits per heavy atom. The molecule has 1 aliphatic rings. The molecule has 0 saturated heterocycles. The number of rotatable bonds is 5. The minimum Gasteiger partial charge on any atom is -0.484 e. The second-order valence-electron chi connectivity index (χ2n) is 4.77. The van der Waals surface area contributed by atoms with Gasteiger partial charge in [0.15, 0.2) is 18.1 Å². The minimum absolute atomic E-state index is 0.157. The summed E-state index contributed by atoms with van der Waals surface area (Å²) in [7, 11) is 0. The van der Waals surface area contributed by atoms with E-state index in [1.807, 2.05) is 0 Å². The third-order valence-corrected chi connectivity index (χ3v) is 3.61. The Labute approximate surface area is 147 Å². The van der Waals surface area contributed by atoms with Gasteiger partial charge in [-0.2, -0.15) is 5.10 Å². The fourth-order valence-corrected chi connectivity index (χ4v) is 2.33. The molecule has 1 aliphatic heterocycles. The van der Waals surface area contributed by atoms with Gasteiger partial charge in [0.25, 0.3) is 5.91 Å². The van der Waals surface area contributed by atoms with Crippen LogP contribution in [0.2, 0.25) is 10.0 Å². The van der Waals surface area contributed by atoms with E-state index in [1.54, 1.807) is 36.4 Å². The molecule has 0 spiro atoms. The predicted molar refractivity (Wildman–Crippen MR) is 90.3 cm³/mol. The average Bonchev–Trinajstić information content (AvgIpc) is 3.00. The standard InChI is InChI=1S/C16H12Cl2N2O4/c17-11-2-1-3-12(5-11)22-8-16(21)20-19-7-10-4-14-15(6-13(10)18)24-9-23-14/h1-7H,8-9H2,(H,20,21). The number of fused-ring (bicyclic) bond motifs is 1. The highest BCUT2D eigenvalue weighted by Crippen LogP contribution is 2.36. The van der Waals surface area contributed by atoms with Gasteiger partial charge in [-0.15, -0.1) is 0 Å². The summed E-state index contributed by atoms with van der Waals surface area (Å²) in [6.07, 6.45) is 1.42. The summed E-state index contributed by atoms with van der Waals surface area (Å²) in [5.74, 6) is 1.25. The Morgan fingerprint density at radius 3 is 2.83 bits per heavy atom. The molecule has 0 saturated carbocycles. The number of carbonyl (C=O) groups excluding carboxylic acids is 1. The first-order valence-corrected chi connectivity index (χ1v) is 7.67. The maximum Gasteiger partial charge on any atom is 0.277 e. The van der Waals surface area contributed by atoms with E-state index in [0.717, 1.165) is 0 Å². The molecule has 0 atom stereocenters. The van der Waals surface area contributed by atoms with Gasteiger partial charge in [0, 0.05) is 16.7 Å². The molecule has 0 aliphatic carbocycles. The van der Waals surface area contributed by atoms with Gasteiger partial charge in [0.2, 0.25) is 6.79 Å². The first-order chi connectivity index (χ1) is 11.6. The van der Waals surface area contributed by atoms with Crippen molar-refractivity contribution in [1.82, 2.24) is 5.43 Å². The molecule has 1 N–H and O–H groups in total. The van der Waals surface area contributed by atoms with Crippen molar-refractivity contribution < 1.29 is 19.0 Å². The number of ether oxygens (including phenoxy) is 3. The lowest BCUT2D eigenvalue weighted by molar-refractivity contribution is -0.123. The molecule has 0 fully saturated rings. The second-order valence-corrected chi connectivity index (χ2v) is 5.61. The van der Waals surface area contributed by atoms with Crippen LogP contribution in [0.3, 0.4) is 0 Å². The zero-order valence-corrected chi connectivity index (χ0v) is 13.8. The highest BCUT2D eigenvalue weighted by atomic mass is 35.5. The van der Waals surface area contributed by atoms with Crippen LogP contribution in [0.4, 0.5) is 0 Å². The van der Waals surface area contributed by atoms with Crippen LogP contribution in [-0.4, -0.2) is 25.5 Å². The summed E-state index contributed by atoms with van der Waals surface area (Å²) >= 11 is 11.9. The lowest BCUT2D eigenvalue weighted by Gasteiger charge is -2.05. The fraction of sp³-hybridized carbons (Fsp3) is 0.125. The third-order valence-electron chi connectivity index (χ3n) is 3.05. The molecule has 0 bridgehead atoms. The topological polar surface area (TPSA) is 69.2 Å². The van der Waals surface area contributed by atoms with E-state index in [9.17, 15) is 4.79 Å². The number of hydrogen-bond acceptors (Lipinski definition) is 5. The molecule has 0 radical (unpaired) electrons. The van der Waals surface area contributed by atoms with Crippen molar-refractivity contribution in [2.24, 2.45) is 5.10 Å². The maximum absolute atomic E-state index is 11.7. The smallest absolute Gasteiger partial charge is 0.277 e. The summed E-state index contributed by atoms with van der Waals surface area (Å²) in [5.41, 5.74) is 2.95. The van der Waals surface area contributed by atoms with E-state index >= 15 is 0 Å². The monoisotopic (exact) mass is 366 g/mol. The minimum atomic E-state index is -0.414. The van der Waals surface area contributed by atoms with Crippen molar-refractivity contribution in [3.8, 4) is 17.2 Å². The average molecular weight is 367 g/mol. The molecule has 0 unspecified atom stereocenters. The third kappa shape index (κ3) is 4.10. The van der Waals surface area contributed by atoms with Gasteiger partial charge < -0.3 is 14.2 Å². The molecule has 8 heteroatoms. The Morgan fingerprint density at radius 2 is 2.04 bits per heavy atom. The first kappa shape index (κ1) is 16.4. The van der Waals surface area contributed by atoms with Crippen LogP contribution in [0.5, 0.6) is 17.2 Å². The highest BCUT2D eigenvalue weighted by Gasteiger charge is 2.15. The zero-order chi connectivity index (χ0) is 16.9. The van der Waals surface area contributed by atoms with Crippen LogP contribution in [0.25, 0.3) is 0 Å². The number of benzene rings is 2. The van der Waals surface area contributed by atoms with Gasteiger partial charge in [-0.25, -0.2) is 5.43 Å². The van der Waals surface area contributed by atoms with E-state index in [4.69, 9.17) is 37.4 Å². The Kier molecular flexibility index (Phi) is 5.08. The summed E-state index contributed by atoms with van der Waals surface area (Å²) in [5, 5.41) is 4.81. The van der Waals surface area contributed by atoms with Gasteiger partial charge in [-0.05, 0) is 24.3 Å². The zero-order valence-electron chi connectivity index (χ0n) is 12.3. The SMILES string of the molecule is O=C(COc1cccc(Cl)c1)NN=Cc1cc2c(cc1Cl)OCO2. The van der Waals surface area contributed by atoms with Crippen molar-refractivity contribution >= 4 is 35.3 Å². The normalized spacial score (nSPS) is 12.4. The van der Waals surface area contributed by atoms with Gasteiger partial charge in [-0.3, -0.25) is 4.79 Å². The Bertz CT molecular complexity index is 796. The number of carbonyl (C=O) groups is 1. The van der Waals surface area contributed by atoms with E-state index in [1.165, 1.54) is 6.21 Å². The van der Waals surface area contributed by atoms with Crippen LogP contribution in [0.15, 0.2) is 41.5 Å². The molecule has 3 rings (SSSR count). The molecule has 1 amide bonds. The van der Waals surface area contributed by atoms with Crippen molar-refractivity contribution in [3.05, 3.63) is 52.0 Å². The largest absolute Gasteiger partial charge is 0.484 e. The molecule has 1 heterocycles. The molecule has 2 aromatic carbocycles. The van der Waals surface area contributed by atoms with Gasteiger partial charge >= 0.3 is 0 Å². The number of halogens is 2. The number of hydrogen-bond donors (Lipinski definition) is 1. The molecule has 124 valence electrons. The van der Waals surface area contributed by atoms with Gasteiger partial charge in [0.1, 0.15) is 5.75 Å². The number of hydrazone groups is 1. The summed E-state index contributed by atoms with van der Waals surface area (Å²) in [4.78, 5) is 11.7. The maximum atomic E-state index is 11.7. The number of nitrogens with zero attached hydrogens (tertiary/aromatic N) is 1. The number of nitrogens with one attached hydrogen (secondary N) is 1. The van der Waals surface area contributed by atoms with Crippen LogP contribution in [0.1, 0.15) is 5.56 Å². The van der Waals surface area contributed by atoms with Crippen LogP contribution in [-0.2, 0) is 4.79 Å². The number of amides is 1. The highest BCUT2D eigenvalue weighted by molar-refractivity contribution is 6.33. The van der Waals surface area contributed by atoms with Crippen LogP contribution < -0.4 is 19.6 Å². The lowest BCUT2D eigenvalue weighted by Crippen LogP contribution is -2.24. The molecule has 6 nitrogen and oxygen atoms in total. The fourth-order valence-electron chi connectivity index (χ4n) is 1.94.